The molecule has 1 amide bonds. The highest BCUT2D eigenvalue weighted by Crippen LogP contribution is 2.19. The number of nitrogens with zero attached hydrogens (tertiary/aromatic N) is 2. The van der Waals surface area contributed by atoms with Gasteiger partial charge in [-0.25, -0.2) is 12.8 Å². The third kappa shape index (κ3) is 4.48. The van der Waals surface area contributed by atoms with Gasteiger partial charge in [0.1, 0.15) is 5.82 Å². The lowest BCUT2D eigenvalue weighted by Crippen LogP contribution is -2.50. The van der Waals surface area contributed by atoms with E-state index in [1.54, 1.807) is 35.2 Å². The first-order valence-electron chi connectivity index (χ1n) is 8.56. The molecule has 0 aromatic heterocycles. The van der Waals surface area contributed by atoms with E-state index >= 15 is 0 Å². The Balaban J connectivity index is 1.62. The van der Waals surface area contributed by atoms with Crippen molar-refractivity contribution in [3.05, 3.63) is 64.4 Å². The maximum absolute atomic E-state index is 13.9. The molecule has 144 valence electrons. The van der Waals surface area contributed by atoms with Crippen LogP contribution in [-0.4, -0.2) is 49.7 Å². The van der Waals surface area contributed by atoms with Crippen molar-refractivity contribution < 1.29 is 17.6 Å². The summed E-state index contributed by atoms with van der Waals surface area (Å²) >= 11 is 5.72. The molecule has 0 aliphatic carbocycles. The number of sulfonamides is 1. The van der Waals surface area contributed by atoms with Crippen LogP contribution in [0.5, 0.6) is 0 Å². The van der Waals surface area contributed by atoms with Gasteiger partial charge in [0.2, 0.25) is 15.9 Å². The molecule has 1 fully saturated rings. The van der Waals surface area contributed by atoms with Crippen LogP contribution in [0.15, 0.2) is 47.4 Å². The Hall–Kier alpha value is -1.96. The monoisotopic (exact) mass is 410 g/mol. The molecule has 8 heteroatoms. The fourth-order valence-electron chi connectivity index (χ4n) is 2.98. The molecule has 0 unspecified atom stereocenters. The van der Waals surface area contributed by atoms with Crippen molar-refractivity contribution >= 4 is 27.5 Å². The Bertz CT molecular complexity index is 940. The molecule has 0 spiro atoms. The van der Waals surface area contributed by atoms with Crippen LogP contribution in [0.2, 0.25) is 5.02 Å². The average Bonchev–Trinajstić information content (AvgIpc) is 2.64. The van der Waals surface area contributed by atoms with E-state index in [2.05, 4.69) is 0 Å². The van der Waals surface area contributed by atoms with E-state index in [9.17, 15) is 17.6 Å². The van der Waals surface area contributed by atoms with Gasteiger partial charge in [0.15, 0.2) is 0 Å². The van der Waals surface area contributed by atoms with Crippen molar-refractivity contribution in [1.82, 2.24) is 9.21 Å². The average molecular weight is 411 g/mol. The summed E-state index contributed by atoms with van der Waals surface area (Å²) in [6, 6.07) is 10.9. The smallest absolute Gasteiger partial charge is 0.243 e. The highest BCUT2D eigenvalue weighted by atomic mass is 35.5. The fourth-order valence-corrected chi connectivity index (χ4v) is 4.56. The lowest BCUT2D eigenvalue weighted by Gasteiger charge is -2.34. The van der Waals surface area contributed by atoms with Gasteiger partial charge in [-0.3, -0.25) is 4.79 Å². The minimum Gasteiger partial charge on any atom is -0.340 e. The Morgan fingerprint density at radius 1 is 1.07 bits per heavy atom. The molecular formula is C19H20ClFN2O3S. The van der Waals surface area contributed by atoms with Crippen molar-refractivity contribution in [2.75, 3.05) is 26.2 Å². The summed E-state index contributed by atoms with van der Waals surface area (Å²) in [6.45, 7) is 2.87. The fraction of sp³-hybridized carbons (Fsp3) is 0.316. The molecule has 1 aliphatic rings. The molecule has 5 nitrogen and oxygen atoms in total. The zero-order chi connectivity index (χ0) is 19.6. The lowest BCUT2D eigenvalue weighted by atomic mass is 10.1. The summed E-state index contributed by atoms with van der Waals surface area (Å²) in [5, 5.41) is 0.277. The Labute approximate surface area is 163 Å². The number of carbonyl (C=O) groups is 1. The first-order chi connectivity index (χ1) is 12.8. The number of benzene rings is 2. The Kier molecular flexibility index (Phi) is 5.83. The van der Waals surface area contributed by atoms with Crippen LogP contribution in [0.1, 0.15) is 11.1 Å². The molecule has 0 atom stereocenters. The van der Waals surface area contributed by atoms with E-state index < -0.39 is 15.8 Å². The number of aryl methyl sites for hydroxylation is 1. The van der Waals surface area contributed by atoms with Gasteiger partial charge in [0, 0.05) is 31.2 Å². The molecule has 1 heterocycles. The van der Waals surface area contributed by atoms with Crippen LogP contribution in [0.4, 0.5) is 4.39 Å². The molecule has 27 heavy (non-hydrogen) atoms. The largest absolute Gasteiger partial charge is 0.340 e. The predicted octanol–water partition coefficient (Wildman–Crippen LogP) is 2.86. The number of halogens is 2. The molecule has 0 radical (unpaired) electrons. The van der Waals surface area contributed by atoms with Gasteiger partial charge in [-0.2, -0.15) is 4.31 Å². The zero-order valence-electron chi connectivity index (χ0n) is 14.9. The van der Waals surface area contributed by atoms with E-state index in [-0.39, 0.29) is 54.0 Å². The first-order valence-corrected chi connectivity index (χ1v) is 10.4. The van der Waals surface area contributed by atoms with Crippen LogP contribution in [0.25, 0.3) is 0 Å². The summed E-state index contributed by atoms with van der Waals surface area (Å²) in [4.78, 5) is 14.2. The quantitative estimate of drug-likeness (QED) is 0.778. The van der Waals surface area contributed by atoms with Crippen LogP contribution in [0.3, 0.4) is 0 Å². The summed E-state index contributed by atoms with van der Waals surface area (Å²) in [6.07, 6.45) is -0.0757. The van der Waals surface area contributed by atoms with E-state index in [0.717, 1.165) is 5.56 Å². The number of hydrogen-bond acceptors (Lipinski definition) is 3. The van der Waals surface area contributed by atoms with E-state index in [0.29, 0.717) is 0 Å². The summed E-state index contributed by atoms with van der Waals surface area (Å²) in [5.74, 6) is -0.750. The van der Waals surface area contributed by atoms with Crippen molar-refractivity contribution in [3.63, 3.8) is 0 Å². The molecular weight excluding hydrogens is 391 g/mol. The second-order valence-electron chi connectivity index (χ2n) is 6.51. The van der Waals surface area contributed by atoms with Gasteiger partial charge in [-0.1, -0.05) is 35.4 Å². The lowest BCUT2D eigenvalue weighted by molar-refractivity contribution is -0.131. The standard InChI is InChI=1S/C19H20ClFN2O3S/c1-14-2-6-17(7-3-14)27(25,26)23-10-8-22(9-11-23)19(24)12-15-4-5-16(20)13-18(15)21/h2-7,13H,8-12H2,1H3. The number of rotatable bonds is 4. The second kappa shape index (κ2) is 7.96. The van der Waals surface area contributed by atoms with E-state index in [1.807, 2.05) is 6.92 Å². The van der Waals surface area contributed by atoms with Crippen LogP contribution in [0, 0.1) is 12.7 Å². The highest BCUT2D eigenvalue weighted by Gasteiger charge is 2.30. The predicted molar refractivity (Wildman–Crippen MR) is 102 cm³/mol. The maximum Gasteiger partial charge on any atom is 0.243 e. The zero-order valence-corrected chi connectivity index (χ0v) is 16.4. The van der Waals surface area contributed by atoms with Crippen LogP contribution in [-0.2, 0) is 21.2 Å². The minimum atomic E-state index is -3.58. The topological polar surface area (TPSA) is 57.7 Å². The molecule has 2 aromatic rings. The van der Waals surface area contributed by atoms with Gasteiger partial charge in [-0.15, -0.1) is 0 Å². The van der Waals surface area contributed by atoms with Crippen LogP contribution >= 0.6 is 11.6 Å². The summed E-state index contributed by atoms with van der Waals surface area (Å²) in [5.41, 5.74) is 1.26. The van der Waals surface area contributed by atoms with Crippen molar-refractivity contribution in [2.24, 2.45) is 0 Å². The number of piperazine rings is 1. The van der Waals surface area contributed by atoms with Gasteiger partial charge >= 0.3 is 0 Å². The minimum absolute atomic E-state index is 0.0757. The molecule has 1 aliphatic heterocycles. The van der Waals surface area contributed by atoms with E-state index in [1.165, 1.54) is 16.4 Å². The second-order valence-corrected chi connectivity index (χ2v) is 8.88. The molecule has 0 saturated carbocycles. The highest BCUT2D eigenvalue weighted by molar-refractivity contribution is 7.89. The van der Waals surface area contributed by atoms with Gasteiger partial charge < -0.3 is 4.90 Å². The summed E-state index contributed by atoms with van der Waals surface area (Å²) in [7, 11) is -3.58. The Morgan fingerprint density at radius 3 is 2.30 bits per heavy atom. The third-order valence-electron chi connectivity index (χ3n) is 4.61. The molecule has 0 bridgehead atoms. The molecule has 2 aromatic carbocycles. The van der Waals surface area contributed by atoms with Crippen molar-refractivity contribution in [2.45, 2.75) is 18.2 Å². The molecule has 0 N–H and O–H groups in total. The number of amides is 1. The Morgan fingerprint density at radius 2 is 1.70 bits per heavy atom. The van der Waals surface area contributed by atoms with Crippen molar-refractivity contribution in [1.29, 1.82) is 0 Å². The van der Waals surface area contributed by atoms with Crippen LogP contribution < -0.4 is 0 Å². The SMILES string of the molecule is Cc1ccc(S(=O)(=O)N2CCN(C(=O)Cc3ccc(Cl)cc3F)CC2)cc1. The summed E-state index contributed by atoms with van der Waals surface area (Å²) < 4.78 is 40.7. The van der Waals surface area contributed by atoms with Gasteiger partial charge in [-0.05, 0) is 36.8 Å². The van der Waals surface area contributed by atoms with Gasteiger partial charge in [0.05, 0.1) is 11.3 Å². The molecule has 1 saturated heterocycles. The number of hydrogen-bond donors (Lipinski definition) is 0. The normalized spacial score (nSPS) is 15.7. The van der Waals surface area contributed by atoms with Gasteiger partial charge in [0.25, 0.3) is 0 Å². The molecule has 3 rings (SSSR count). The number of carbonyl (C=O) groups excluding carboxylic acids is 1. The van der Waals surface area contributed by atoms with E-state index in [4.69, 9.17) is 11.6 Å². The third-order valence-corrected chi connectivity index (χ3v) is 6.75. The first kappa shape index (κ1) is 19.8. The van der Waals surface area contributed by atoms with Crippen molar-refractivity contribution in [3.8, 4) is 0 Å². The maximum atomic E-state index is 13.9.